The summed E-state index contributed by atoms with van der Waals surface area (Å²) in [5.74, 6) is -0.305. The molecule has 0 fully saturated rings. The molecule has 1 N–H and O–H groups in total. The van der Waals surface area contributed by atoms with Gasteiger partial charge in [0.25, 0.3) is 0 Å². The average molecular weight is 304 g/mol. The summed E-state index contributed by atoms with van der Waals surface area (Å²) in [6.07, 6.45) is 1.63. The second-order valence-corrected chi connectivity index (χ2v) is 4.99. The fraction of sp³-hybridized carbons (Fsp3) is 0.250. The molecule has 116 valence electrons. The highest BCUT2D eigenvalue weighted by Crippen LogP contribution is 2.19. The molecule has 0 radical (unpaired) electrons. The number of likely N-dealkylation sites (N-methyl/N-ethyl adjacent to an activating group) is 1. The first kappa shape index (κ1) is 15.9. The van der Waals surface area contributed by atoms with Crippen molar-refractivity contribution < 1.29 is 19.0 Å². The van der Waals surface area contributed by atoms with Crippen molar-refractivity contribution in [3.8, 4) is 11.6 Å². The minimum absolute atomic E-state index is 0.328. The van der Waals surface area contributed by atoms with E-state index in [1.54, 1.807) is 31.1 Å². The molecule has 5 nitrogen and oxygen atoms in total. The van der Waals surface area contributed by atoms with Gasteiger partial charge in [0.2, 0.25) is 5.88 Å². The maximum atomic E-state index is 12.8. The molecule has 1 atom stereocenters. The van der Waals surface area contributed by atoms with Gasteiger partial charge >= 0.3 is 5.97 Å². The Morgan fingerprint density at radius 2 is 2.00 bits per heavy atom. The van der Waals surface area contributed by atoms with Gasteiger partial charge in [0.1, 0.15) is 17.6 Å². The summed E-state index contributed by atoms with van der Waals surface area (Å²) in [5.41, 5.74) is 0.877. The lowest BCUT2D eigenvalue weighted by atomic mass is 10.2. The van der Waals surface area contributed by atoms with Crippen molar-refractivity contribution >= 4 is 5.97 Å². The van der Waals surface area contributed by atoms with Crippen molar-refractivity contribution in [2.45, 2.75) is 19.5 Å². The van der Waals surface area contributed by atoms with Crippen molar-refractivity contribution in [3.63, 3.8) is 0 Å². The lowest BCUT2D eigenvalue weighted by molar-refractivity contribution is -0.142. The summed E-state index contributed by atoms with van der Waals surface area (Å²) in [5, 5.41) is 8.95. The van der Waals surface area contributed by atoms with Crippen LogP contribution in [0.25, 0.3) is 0 Å². The number of carboxylic acids is 1. The van der Waals surface area contributed by atoms with Gasteiger partial charge in [0.15, 0.2) is 0 Å². The van der Waals surface area contributed by atoms with Gasteiger partial charge in [-0.15, -0.1) is 0 Å². The fourth-order valence-corrected chi connectivity index (χ4v) is 1.80. The Bertz CT molecular complexity index is 629. The van der Waals surface area contributed by atoms with E-state index in [-0.39, 0.29) is 5.82 Å². The van der Waals surface area contributed by atoms with E-state index >= 15 is 0 Å². The number of aromatic nitrogens is 1. The van der Waals surface area contributed by atoms with Crippen LogP contribution in [0, 0.1) is 5.82 Å². The molecule has 0 aliphatic rings. The maximum absolute atomic E-state index is 12.8. The zero-order valence-corrected chi connectivity index (χ0v) is 12.4. The second kappa shape index (κ2) is 7.00. The fourth-order valence-electron chi connectivity index (χ4n) is 1.80. The van der Waals surface area contributed by atoms with Gasteiger partial charge < -0.3 is 9.84 Å². The van der Waals surface area contributed by atoms with Crippen LogP contribution in [0.5, 0.6) is 11.6 Å². The van der Waals surface area contributed by atoms with E-state index < -0.39 is 12.0 Å². The van der Waals surface area contributed by atoms with Gasteiger partial charge in [-0.3, -0.25) is 9.69 Å². The molecular weight excluding hydrogens is 287 g/mol. The van der Waals surface area contributed by atoms with Crippen LogP contribution in [-0.4, -0.2) is 34.0 Å². The maximum Gasteiger partial charge on any atom is 0.320 e. The number of hydrogen-bond acceptors (Lipinski definition) is 4. The molecule has 1 unspecified atom stereocenters. The molecule has 1 aromatic heterocycles. The van der Waals surface area contributed by atoms with E-state index in [0.29, 0.717) is 18.2 Å². The van der Waals surface area contributed by atoms with Gasteiger partial charge in [-0.2, -0.15) is 0 Å². The van der Waals surface area contributed by atoms with Crippen molar-refractivity contribution in [2.75, 3.05) is 7.05 Å². The van der Waals surface area contributed by atoms with Crippen LogP contribution in [-0.2, 0) is 11.3 Å². The third-order valence-electron chi connectivity index (χ3n) is 3.28. The molecule has 0 aliphatic carbocycles. The summed E-state index contributed by atoms with van der Waals surface area (Å²) in [6.45, 7) is 2.10. The minimum atomic E-state index is -0.869. The highest BCUT2D eigenvalue weighted by Gasteiger charge is 2.16. The zero-order valence-electron chi connectivity index (χ0n) is 12.4. The Balaban J connectivity index is 1.98. The molecular formula is C16H17FN2O3. The monoisotopic (exact) mass is 304 g/mol. The molecule has 22 heavy (non-hydrogen) atoms. The quantitative estimate of drug-likeness (QED) is 0.889. The first-order valence-corrected chi connectivity index (χ1v) is 6.77. The third-order valence-corrected chi connectivity index (χ3v) is 3.28. The van der Waals surface area contributed by atoms with Crippen LogP contribution in [0.4, 0.5) is 4.39 Å². The molecule has 0 saturated carbocycles. The van der Waals surface area contributed by atoms with Gasteiger partial charge in [-0.1, -0.05) is 6.07 Å². The third kappa shape index (κ3) is 4.26. The van der Waals surface area contributed by atoms with Crippen molar-refractivity contribution in [1.29, 1.82) is 0 Å². The Kier molecular flexibility index (Phi) is 5.06. The summed E-state index contributed by atoms with van der Waals surface area (Å²) in [4.78, 5) is 16.8. The number of rotatable bonds is 6. The summed E-state index contributed by atoms with van der Waals surface area (Å²) in [6, 6.07) is 8.60. The van der Waals surface area contributed by atoms with Gasteiger partial charge in [-0.25, -0.2) is 9.37 Å². The smallest absolute Gasteiger partial charge is 0.320 e. The number of ether oxygens (including phenoxy) is 1. The van der Waals surface area contributed by atoms with Gasteiger partial charge in [0, 0.05) is 18.8 Å². The molecule has 0 spiro atoms. The average Bonchev–Trinajstić information content (AvgIpc) is 2.50. The van der Waals surface area contributed by atoms with E-state index in [1.165, 1.54) is 24.3 Å². The molecule has 0 saturated heterocycles. The predicted octanol–water partition coefficient (Wildman–Crippen LogP) is 2.92. The number of pyridine rings is 1. The van der Waals surface area contributed by atoms with Crippen molar-refractivity contribution in [3.05, 3.63) is 54.0 Å². The number of hydrogen-bond donors (Lipinski definition) is 1. The molecule has 1 heterocycles. The van der Waals surface area contributed by atoms with Crippen LogP contribution < -0.4 is 4.74 Å². The Hall–Kier alpha value is -2.47. The van der Waals surface area contributed by atoms with Crippen LogP contribution in [0.2, 0.25) is 0 Å². The van der Waals surface area contributed by atoms with E-state index in [2.05, 4.69) is 4.98 Å². The number of halogens is 1. The zero-order chi connectivity index (χ0) is 16.1. The first-order valence-electron chi connectivity index (χ1n) is 6.77. The van der Waals surface area contributed by atoms with E-state index in [0.717, 1.165) is 5.56 Å². The van der Waals surface area contributed by atoms with Crippen molar-refractivity contribution in [1.82, 2.24) is 9.88 Å². The molecule has 0 amide bonds. The lowest BCUT2D eigenvalue weighted by Crippen LogP contribution is -2.35. The number of nitrogens with zero attached hydrogens (tertiary/aromatic N) is 2. The molecule has 2 aromatic rings. The van der Waals surface area contributed by atoms with Crippen LogP contribution in [0.1, 0.15) is 12.5 Å². The summed E-state index contributed by atoms with van der Waals surface area (Å²) < 4.78 is 18.3. The Morgan fingerprint density at radius 1 is 1.32 bits per heavy atom. The SMILES string of the molecule is CC(C(=O)O)N(C)Cc1ccc(Oc2ccc(F)cc2)nc1. The highest BCUT2D eigenvalue weighted by molar-refractivity contribution is 5.72. The highest BCUT2D eigenvalue weighted by atomic mass is 19.1. The van der Waals surface area contributed by atoms with Crippen molar-refractivity contribution in [2.24, 2.45) is 0 Å². The summed E-state index contributed by atoms with van der Waals surface area (Å²) in [7, 11) is 1.74. The summed E-state index contributed by atoms with van der Waals surface area (Å²) >= 11 is 0. The molecule has 0 bridgehead atoms. The second-order valence-electron chi connectivity index (χ2n) is 4.99. The normalized spacial score (nSPS) is 12.2. The van der Waals surface area contributed by atoms with Crippen LogP contribution in [0.3, 0.4) is 0 Å². The lowest BCUT2D eigenvalue weighted by Gasteiger charge is -2.20. The molecule has 0 aliphatic heterocycles. The molecule has 2 rings (SSSR count). The molecule has 1 aromatic carbocycles. The van der Waals surface area contributed by atoms with E-state index in [4.69, 9.17) is 9.84 Å². The number of carboxylic acid groups (broad SMARTS) is 1. The Labute approximate surface area is 128 Å². The number of carbonyl (C=O) groups is 1. The standard InChI is InChI=1S/C16H17FN2O3/c1-11(16(20)21)19(2)10-12-3-8-15(18-9-12)22-14-6-4-13(17)5-7-14/h3-9,11H,10H2,1-2H3,(H,20,21). The number of benzene rings is 1. The first-order chi connectivity index (χ1) is 10.5. The molecule has 6 heteroatoms. The minimum Gasteiger partial charge on any atom is -0.480 e. The predicted molar refractivity (Wildman–Crippen MR) is 79.3 cm³/mol. The van der Waals surface area contributed by atoms with Gasteiger partial charge in [-0.05, 0) is 43.8 Å². The Morgan fingerprint density at radius 3 is 2.55 bits per heavy atom. The van der Waals surface area contributed by atoms with E-state index in [1.807, 2.05) is 6.07 Å². The van der Waals surface area contributed by atoms with E-state index in [9.17, 15) is 9.18 Å². The number of aliphatic carboxylic acids is 1. The largest absolute Gasteiger partial charge is 0.480 e. The van der Waals surface area contributed by atoms with Gasteiger partial charge in [0.05, 0.1) is 0 Å². The topological polar surface area (TPSA) is 62.7 Å². The van der Waals surface area contributed by atoms with Crippen LogP contribution in [0.15, 0.2) is 42.6 Å². The van der Waals surface area contributed by atoms with Crippen LogP contribution >= 0.6 is 0 Å².